The van der Waals surface area contributed by atoms with Gasteiger partial charge in [-0.3, -0.25) is 9.48 Å². The van der Waals surface area contributed by atoms with Gasteiger partial charge in [0.1, 0.15) is 5.82 Å². The molecule has 5 nitrogen and oxygen atoms in total. The Labute approximate surface area is 138 Å². The Balaban J connectivity index is 1.46. The Kier molecular flexibility index (Phi) is 3.92. The molecule has 1 aromatic rings. The van der Waals surface area contributed by atoms with Crippen LogP contribution in [0.25, 0.3) is 0 Å². The van der Waals surface area contributed by atoms with E-state index in [0.717, 1.165) is 24.4 Å². The third kappa shape index (κ3) is 2.69. The van der Waals surface area contributed by atoms with Crippen LogP contribution in [0.15, 0.2) is 6.07 Å². The molecule has 3 aliphatic carbocycles. The molecule has 4 unspecified atom stereocenters. The molecular formula is C18H28N4O. The number of carbonyl (C=O) groups is 1. The predicted octanol–water partition coefficient (Wildman–Crippen LogP) is 2.78. The molecule has 0 aromatic carbocycles. The van der Waals surface area contributed by atoms with Crippen molar-refractivity contribution in [3.8, 4) is 0 Å². The summed E-state index contributed by atoms with van der Waals surface area (Å²) < 4.78 is 1.82. The Morgan fingerprint density at radius 2 is 1.96 bits per heavy atom. The Bertz CT molecular complexity index is 588. The van der Waals surface area contributed by atoms with Gasteiger partial charge in [-0.15, -0.1) is 0 Å². The normalized spacial score (nSPS) is 34.0. The maximum absolute atomic E-state index is 12.7. The second-order valence-electron chi connectivity index (χ2n) is 7.84. The molecule has 2 bridgehead atoms. The zero-order chi connectivity index (χ0) is 16.0. The molecule has 126 valence electrons. The molecule has 1 heterocycles. The molecule has 5 heteroatoms. The SMILES string of the molecule is Cn1nc(C2CCCCC2)cc1NC(=O)C1C2CCC(C2)C1N. The van der Waals surface area contributed by atoms with Gasteiger partial charge >= 0.3 is 0 Å². The standard InChI is InChI=1S/C18H28N4O/c1-22-15(10-14(21-22)11-5-3-2-4-6-11)20-18(23)16-12-7-8-13(9-12)17(16)19/h10-13,16-17H,2-9,19H2,1H3,(H,20,23). The number of rotatable bonds is 3. The third-order valence-electron chi connectivity index (χ3n) is 6.46. The number of amides is 1. The average molecular weight is 316 g/mol. The van der Waals surface area contributed by atoms with Gasteiger partial charge in [-0.05, 0) is 43.9 Å². The number of nitrogens with two attached hydrogens (primary N) is 1. The summed E-state index contributed by atoms with van der Waals surface area (Å²) in [6.45, 7) is 0. The van der Waals surface area contributed by atoms with Crippen molar-refractivity contribution in [2.45, 2.75) is 63.3 Å². The van der Waals surface area contributed by atoms with Crippen molar-refractivity contribution < 1.29 is 4.79 Å². The van der Waals surface area contributed by atoms with E-state index in [1.54, 1.807) is 0 Å². The summed E-state index contributed by atoms with van der Waals surface area (Å²) in [4.78, 5) is 12.7. The molecule has 0 saturated heterocycles. The van der Waals surface area contributed by atoms with E-state index in [1.807, 2.05) is 11.7 Å². The largest absolute Gasteiger partial charge is 0.327 e. The fraction of sp³-hybridized carbons (Fsp3) is 0.778. The molecule has 3 aliphatic rings. The van der Waals surface area contributed by atoms with Gasteiger partial charge in [0.2, 0.25) is 5.91 Å². The number of aromatic nitrogens is 2. The molecule has 0 spiro atoms. The van der Waals surface area contributed by atoms with Gasteiger partial charge in [0, 0.05) is 25.1 Å². The van der Waals surface area contributed by atoms with Crippen molar-refractivity contribution in [1.29, 1.82) is 0 Å². The summed E-state index contributed by atoms with van der Waals surface area (Å²) in [5, 5.41) is 7.76. The minimum atomic E-state index is -0.0122. The summed E-state index contributed by atoms with van der Waals surface area (Å²) >= 11 is 0. The first kappa shape index (κ1) is 15.2. The van der Waals surface area contributed by atoms with Crippen molar-refractivity contribution in [2.75, 3.05) is 5.32 Å². The first-order valence-electron chi connectivity index (χ1n) is 9.24. The monoisotopic (exact) mass is 316 g/mol. The number of nitrogens with zero attached hydrogens (tertiary/aromatic N) is 2. The van der Waals surface area contributed by atoms with Gasteiger partial charge in [-0.2, -0.15) is 5.10 Å². The van der Waals surface area contributed by atoms with Crippen molar-refractivity contribution in [1.82, 2.24) is 9.78 Å². The van der Waals surface area contributed by atoms with Crippen molar-refractivity contribution in [3.05, 3.63) is 11.8 Å². The fourth-order valence-corrected chi connectivity index (χ4v) is 5.14. The van der Waals surface area contributed by atoms with E-state index < -0.39 is 0 Å². The zero-order valence-electron chi connectivity index (χ0n) is 14.0. The molecule has 23 heavy (non-hydrogen) atoms. The molecule has 3 fully saturated rings. The van der Waals surface area contributed by atoms with E-state index in [4.69, 9.17) is 5.73 Å². The van der Waals surface area contributed by atoms with Gasteiger partial charge in [0.15, 0.2) is 0 Å². The second kappa shape index (κ2) is 5.93. The summed E-state index contributed by atoms with van der Waals surface area (Å²) in [5.41, 5.74) is 7.43. The number of anilines is 1. The van der Waals surface area contributed by atoms with E-state index >= 15 is 0 Å². The van der Waals surface area contributed by atoms with Crippen LogP contribution in [0.2, 0.25) is 0 Å². The van der Waals surface area contributed by atoms with E-state index in [1.165, 1.54) is 38.5 Å². The highest BCUT2D eigenvalue weighted by atomic mass is 16.2. The first-order chi connectivity index (χ1) is 11.1. The smallest absolute Gasteiger partial charge is 0.230 e. The molecule has 3 N–H and O–H groups in total. The quantitative estimate of drug-likeness (QED) is 0.900. The first-order valence-corrected chi connectivity index (χ1v) is 9.24. The van der Waals surface area contributed by atoms with Gasteiger partial charge in [0.05, 0.1) is 11.6 Å². The Morgan fingerprint density at radius 1 is 1.22 bits per heavy atom. The van der Waals surface area contributed by atoms with Crippen LogP contribution < -0.4 is 11.1 Å². The zero-order valence-corrected chi connectivity index (χ0v) is 14.0. The van der Waals surface area contributed by atoms with Crippen LogP contribution in [0.5, 0.6) is 0 Å². The molecule has 1 amide bonds. The number of fused-ring (bicyclic) bond motifs is 2. The Morgan fingerprint density at radius 3 is 2.65 bits per heavy atom. The van der Waals surface area contributed by atoms with Crippen LogP contribution in [0.1, 0.15) is 63.0 Å². The van der Waals surface area contributed by atoms with Crippen LogP contribution in [0, 0.1) is 17.8 Å². The third-order valence-corrected chi connectivity index (χ3v) is 6.46. The van der Waals surface area contributed by atoms with E-state index in [0.29, 0.717) is 17.8 Å². The topological polar surface area (TPSA) is 72.9 Å². The van der Waals surface area contributed by atoms with Gasteiger partial charge in [0.25, 0.3) is 0 Å². The highest BCUT2D eigenvalue weighted by Crippen LogP contribution is 2.48. The minimum Gasteiger partial charge on any atom is -0.327 e. The van der Waals surface area contributed by atoms with E-state index in [2.05, 4.69) is 16.5 Å². The number of carbonyl (C=O) groups excluding carboxylic acids is 1. The van der Waals surface area contributed by atoms with Crippen molar-refractivity contribution >= 4 is 11.7 Å². The van der Waals surface area contributed by atoms with Crippen LogP contribution >= 0.6 is 0 Å². The molecule has 3 saturated carbocycles. The fourth-order valence-electron chi connectivity index (χ4n) is 5.14. The highest BCUT2D eigenvalue weighted by Gasteiger charge is 2.49. The lowest BCUT2D eigenvalue weighted by atomic mass is 9.84. The maximum atomic E-state index is 12.7. The molecule has 0 aliphatic heterocycles. The summed E-state index contributed by atoms with van der Waals surface area (Å²) in [6.07, 6.45) is 9.88. The van der Waals surface area contributed by atoms with Gasteiger partial charge in [-0.25, -0.2) is 0 Å². The lowest BCUT2D eigenvalue weighted by molar-refractivity contribution is -0.121. The summed E-state index contributed by atoms with van der Waals surface area (Å²) in [5.74, 6) is 2.52. The van der Waals surface area contributed by atoms with Crippen molar-refractivity contribution in [2.24, 2.45) is 30.5 Å². The molecule has 4 atom stereocenters. The number of hydrogen-bond donors (Lipinski definition) is 2. The van der Waals surface area contributed by atoms with Crippen molar-refractivity contribution in [3.63, 3.8) is 0 Å². The number of hydrogen-bond acceptors (Lipinski definition) is 3. The Hall–Kier alpha value is -1.36. The van der Waals surface area contributed by atoms with Gasteiger partial charge < -0.3 is 11.1 Å². The predicted molar refractivity (Wildman–Crippen MR) is 90.0 cm³/mol. The maximum Gasteiger partial charge on any atom is 0.230 e. The van der Waals surface area contributed by atoms with E-state index in [-0.39, 0.29) is 17.9 Å². The van der Waals surface area contributed by atoms with Crippen LogP contribution in [-0.4, -0.2) is 21.7 Å². The molecule has 0 radical (unpaired) electrons. The van der Waals surface area contributed by atoms with Gasteiger partial charge in [-0.1, -0.05) is 19.3 Å². The summed E-state index contributed by atoms with van der Waals surface area (Å²) in [6, 6.07) is 2.12. The molecular weight excluding hydrogens is 288 g/mol. The lowest BCUT2D eigenvalue weighted by Gasteiger charge is -2.26. The molecule has 1 aromatic heterocycles. The van der Waals surface area contributed by atoms with Crippen LogP contribution in [0.4, 0.5) is 5.82 Å². The number of nitrogens with one attached hydrogen (secondary N) is 1. The van der Waals surface area contributed by atoms with E-state index in [9.17, 15) is 4.79 Å². The highest BCUT2D eigenvalue weighted by molar-refractivity contribution is 5.93. The number of aryl methyl sites for hydroxylation is 1. The lowest BCUT2D eigenvalue weighted by Crippen LogP contribution is -2.42. The second-order valence-corrected chi connectivity index (χ2v) is 7.84. The molecule has 4 rings (SSSR count). The van der Waals surface area contributed by atoms with Crippen LogP contribution in [-0.2, 0) is 11.8 Å². The summed E-state index contributed by atoms with van der Waals surface area (Å²) in [7, 11) is 1.92. The van der Waals surface area contributed by atoms with Crippen LogP contribution in [0.3, 0.4) is 0 Å². The minimum absolute atomic E-state index is 0.0122. The average Bonchev–Trinajstić information content (AvgIpc) is 3.24.